The van der Waals surface area contributed by atoms with Gasteiger partial charge in [0.15, 0.2) is 0 Å². The lowest BCUT2D eigenvalue weighted by Gasteiger charge is -2.17. The lowest BCUT2D eigenvalue weighted by atomic mass is 10.2. The Kier molecular flexibility index (Phi) is 4.92. The summed E-state index contributed by atoms with van der Waals surface area (Å²) in [6.45, 7) is 0.934. The Bertz CT molecular complexity index is 594. The van der Waals surface area contributed by atoms with Crippen LogP contribution in [0, 0.1) is 0 Å². The Hall–Kier alpha value is -2.37. The minimum absolute atomic E-state index is 0.448. The number of benzene rings is 2. The van der Waals surface area contributed by atoms with Crippen molar-refractivity contribution in [1.82, 2.24) is 0 Å². The predicted molar refractivity (Wildman–Crippen MR) is 83.1 cm³/mol. The second kappa shape index (κ2) is 6.88. The Morgan fingerprint density at radius 2 is 1.43 bits per heavy atom. The van der Waals surface area contributed by atoms with E-state index in [4.69, 9.17) is 16.2 Å². The smallest absolute Gasteiger partial charge is 0.410 e. The summed E-state index contributed by atoms with van der Waals surface area (Å²) in [5.74, 6) is 0.489. The van der Waals surface area contributed by atoms with Crippen LogP contribution in [-0.4, -0.2) is 13.1 Å². The van der Waals surface area contributed by atoms with Gasteiger partial charge in [0.2, 0.25) is 0 Å². The van der Waals surface area contributed by atoms with Crippen LogP contribution in [0.2, 0.25) is 0 Å². The van der Waals surface area contributed by atoms with Gasteiger partial charge in [-0.25, -0.2) is 4.79 Å². The summed E-state index contributed by atoms with van der Waals surface area (Å²) in [7, 11) is 1.66. The molecule has 5 heteroatoms. The quantitative estimate of drug-likeness (QED) is 0.902. The molecule has 0 heterocycles. The fourth-order valence-electron chi connectivity index (χ4n) is 1.82. The van der Waals surface area contributed by atoms with E-state index >= 15 is 0 Å². The minimum atomic E-state index is -0.448. The topological polar surface area (TPSA) is 81.6 Å². The highest BCUT2D eigenvalue weighted by molar-refractivity contribution is 5.88. The molecule has 21 heavy (non-hydrogen) atoms. The van der Waals surface area contributed by atoms with Gasteiger partial charge in [0.1, 0.15) is 5.75 Å². The zero-order valence-electron chi connectivity index (χ0n) is 12.0. The van der Waals surface area contributed by atoms with E-state index in [1.807, 2.05) is 36.4 Å². The van der Waals surface area contributed by atoms with Gasteiger partial charge in [0, 0.05) is 25.8 Å². The summed E-state index contributed by atoms with van der Waals surface area (Å²) >= 11 is 0. The van der Waals surface area contributed by atoms with Crippen LogP contribution in [0.25, 0.3) is 0 Å². The first kappa shape index (κ1) is 15.0. The standard InChI is InChI=1S/C16H19N3O2/c1-19(14-6-2-12(10-17)3-7-14)16(20)21-15-8-4-13(11-18)5-9-15/h2-9H,10-11,17-18H2,1H3. The molecule has 0 spiro atoms. The van der Waals surface area contributed by atoms with Crippen molar-refractivity contribution in [3.8, 4) is 5.75 Å². The van der Waals surface area contributed by atoms with Crippen molar-refractivity contribution in [2.24, 2.45) is 11.5 Å². The molecule has 0 aliphatic carbocycles. The third kappa shape index (κ3) is 3.81. The van der Waals surface area contributed by atoms with E-state index in [-0.39, 0.29) is 0 Å². The summed E-state index contributed by atoms with van der Waals surface area (Å²) in [5.41, 5.74) is 13.8. The van der Waals surface area contributed by atoms with Crippen molar-refractivity contribution in [3.63, 3.8) is 0 Å². The van der Waals surface area contributed by atoms with E-state index in [2.05, 4.69) is 0 Å². The van der Waals surface area contributed by atoms with Crippen molar-refractivity contribution in [3.05, 3.63) is 59.7 Å². The van der Waals surface area contributed by atoms with Crippen molar-refractivity contribution < 1.29 is 9.53 Å². The van der Waals surface area contributed by atoms with E-state index in [1.165, 1.54) is 4.90 Å². The van der Waals surface area contributed by atoms with E-state index < -0.39 is 6.09 Å². The fourth-order valence-corrected chi connectivity index (χ4v) is 1.82. The highest BCUT2D eigenvalue weighted by Crippen LogP contribution is 2.17. The number of nitrogens with zero attached hydrogens (tertiary/aromatic N) is 1. The molecule has 0 aliphatic heterocycles. The zero-order chi connectivity index (χ0) is 15.2. The van der Waals surface area contributed by atoms with Crippen LogP contribution in [0.5, 0.6) is 5.75 Å². The van der Waals surface area contributed by atoms with Crippen LogP contribution in [0.15, 0.2) is 48.5 Å². The Labute approximate surface area is 124 Å². The number of hydrogen-bond donors (Lipinski definition) is 2. The first-order valence-electron chi connectivity index (χ1n) is 6.67. The maximum absolute atomic E-state index is 12.1. The molecule has 4 N–H and O–H groups in total. The van der Waals surface area contributed by atoms with Crippen molar-refractivity contribution in [2.75, 3.05) is 11.9 Å². The number of carbonyl (C=O) groups is 1. The van der Waals surface area contributed by atoms with Crippen molar-refractivity contribution in [2.45, 2.75) is 13.1 Å². The summed E-state index contributed by atoms with van der Waals surface area (Å²) in [6.07, 6.45) is -0.448. The van der Waals surface area contributed by atoms with E-state index in [9.17, 15) is 4.79 Å². The molecular weight excluding hydrogens is 266 g/mol. The largest absolute Gasteiger partial charge is 0.419 e. The Balaban J connectivity index is 2.03. The predicted octanol–water partition coefficient (Wildman–Crippen LogP) is 2.24. The maximum atomic E-state index is 12.1. The summed E-state index contributed by atoms with van der Waals surface area (Å²) in [6, 6.07) is 14.6. The SMILES string of the molecule is CN(C(=O)Oc1ccc(CN)cc1)c1ccc(CN)cc1. The molecule has 110 valence electrons. The first-order chi connectivity index (χ1) is 10.1. The lowest BCUT2D eigenvalue weighted by Crippen LogP contribution is -2.29. The summed E-state index contributed by atoms with van der Waals surface area (Å²) in [4.78, 5) is 13.5. The molecule has 0 saturated heterocycles. The van der Waals surface area contributed by atoms with Gasteiger partial charge in [-0.1, -0.05) is 24.3 Å². The number of carbonyl (C=O) groups excluding carboxylic acids is 1. The van der Waals surface area contributed by atoms with Gasteiger partial charge in [-0.05, 0) is 35.4 Å². The highest BCUT2D eigenvalue weighted by atomic mass is 16.6. The van der Waals surface area contributed by atoms with Crippen LogP contribution in [0.3, 0.4) is 0 Å². The number of hydrogen-bond acceptors (Lipinski definition) is 4. The van der Waals surface area contributed by atoms with Gasteiger partial charge in [-0.2, -0.15) is 0 Å². The monoisotopic (exact) mass is 285 g/mol. The molecule has 2 rings (SSSR count). The maximum Gasteiger partial charge on any atom is 0.419 e. The molecule has 0 atom stereocenters. The molecule has 0 fully saturated rings. The highest BCUT2D eigenvalue weighted by Gasteiger charge is 2.13. The normalized spacial score (nSPS) is 10.2. The summed E-state index contributed by atoms with van der Waals surface area (Å²) < 4.78 is 5.31. The second-order valence-electron chi connectivity index (χ2n) is 4.65. The number of anilines is 1. The van der Waals surface area contributed by atoms with Gasteiger partial charge >= 0.3 is 6.09 Å². The molecule has 2 aromatic carbocycles. The number of amides is 1. The summed E-state index contributed by atoms with van der Waals surface area (Å²) in [5, 5.41) is 0. The van der Waals surface area contributed by atoms with Crippen molar-refractivity contribution in [1.29, 1.82) is 0 Å². The molecule has 0 unspecified atom stereocenters. The average Bonchev–Trinajstić information content (AvgIpc) is 2.55. The Morgan fingerprint density at radius 3 is 1.90 bits per heavy atom. The number of nitrogens with two attached hydrogens (primary N) is 2. The molecule has 1 amide bonds. The van der Waals surface area contributed by atoms with Crippen LogP contribution >= 0.6 is 0 Å². The van der Waals surface area contributed by atoms with Gasteiger partial charge in [-0.3, -0.25) is 4.90 Å². The van der Waals surface area contributed by atoms with Gasteiger partial charge in [0.05, 0.1) is 0 Å². The average molecular weight is 285 g/mol. The molecule has 0 radical (unpaired) electrons. The number of ether oxygens (including phenoxy) is 1. The van der Waals surface area contributed by atoms with Crippen LogP contribution in [0.1, 0.15) is 11.1 Å². The van der Waals surface area contributed by atoms with Crippen LogP contribution in [-0.2, 0) is 13.1 Å². The van der Waals surface area contributed by atoms with E-state index in [0.29, 0.717) is 18.8 Å². The Morgan fingerprint density at radius 1 is 0.952 bits per heavy atom. The van der Waals surface area contributed by atoms with Crippen LogP contribution in [0.4, 0.5) is 10.5 Å². The molecule has 0 saturated carbocycles. The van der Waals surface area contributed by atoms with Crippen LogP contribution < -0.4 is 21.1 Å². The molecule has 2 aromatic rings. The zero-order valence-corrected chi connectivity index (χ0v) is 12.0. The van der Waals surface area contributed by atoms with Gasteiger partial charge < -0.3 is 16.2 Å². The second-order valence-corrected chi connectivity index (χ2v) is 4.65. The molecular formula is C16H19N3O2. The van der Waals surface area contributed by atoms with Crippen molar-refractivity contribution >= 4 is 11.8 Å². The molecule has 0 bridgehead atoms. The molecule has 0 aliphatic rings. The van der Waals surface area contributed by atoms with Gasteiger partial charge in [0.25, 0.3) is 0 Å². The molecule has 5 nitrogen and oxygen atoms in total. The van der Waals surface area contributed by atoms with E-state index in [1.54, 1.807) is 19.2 Å². The van der Waals surface area contributed by atoms with E-state index in [0.717, 1.165) is 16.8 Å². The van der Waals surface area contributed by atoms with Gasteiger partial charge in [-0.15, -0.1) is 0 Å². The number of rotatable bonds is 4. The third-order valence-corrected chi connectivity index (χ3v) is 3.20. The third-order valence-electron chi connectivity index (χ3n) is 3.20. The fraction of sp³-hybridized carbons (Fsp3) is 0.188. The first-order valence-corrected chi connectivity index (χ1v) is 6.67. The lowest BCUT2D eigenvalue weighted by molar-refractivity contribution is 0.209. The molecule has 0 aromatic heterocycles. The minimum Gasteiger partial charge on any atom is -0.410 e.